The Morgan fingerprint density at radius 1 is 1.19 bits per heavy atom. The van der Waals surface area contributed by atoms with Crippen molar-refractivity contribution in [2.45, 2.75) is 43.5 Å². The first-order chi connectivity index (χ1) is 15.2. The Morgan fingerprint density at radius 2 is 1.94 bits per heavy atom. The van der Waals surface area contributed by atoms with Gasteiger partial charge in [0.2, 0.25) is 11.8 Å². The third-order valence-electron chi connectivity index (χ3n) is 5.82. The Bertz CT molecular complexity index is 1180. The van der Waals surface area contributed by atoms with Crippen molar-refractivity contribution >= 4 is 44.6 Å². The van der Waals surface area contributed by atoms with Gasteiger partial charge in [-0.15, -0.1) is 0 Å². The lowest BCUT2D eigenvalue weighted by molar-refractivity contribution is -0.120. The van der Waals surface area contributed by atoms with Crippen molar-refractivity contribution in [1.29, 1.82) is 0 Å². The zero-order valence-electron chi connectivity index (χ0n) is 17.9. The van der Waals surface area contributed by atoms with Crippen molar-refractivity contribution in [3.8, 4) is 5.75 Å². The molecule has 0 radical (unpaired) electrons. The first kappa shape index (κ1) is 22.6. The summed E-state index contributed by atoms with van der Waals surface area (Å²) in [6.45, 7) is 1.98. The number of fused-ring (bicyclic) bond motifs is 1. The van der Waals surface area contributed by atoms with E-state index in [-0.39, 0.29) is 34.9 Å². The molecule has 2 amide bonds. The second-order valence-electron chi connectivity index (χ2n) is 8.29. The van der Waals surface area contributed by atoms with Crippen LogP contribution in [0.1, 0.15) is 31.7 Å². The summed E-state index contributed by atoms with van der Waals surface area (Å²) in [4.78, 5) is 26.8. The molecule has 2 aliphatic rings. The zero-order chi connectivity index (χ0) is 23.0. The molecule has 0 spiro atoms. The van der Waals surface area contributed by atoms with Gasteiger partial charge in [-0.05, 0) is 68.1 Å². The average Bonchev–Trinajstić information content (AvgIpc) is 3.54. The number of nitrogens with zero attached hydrogens (tertiary/aromatic N) is 1. The van der Waals surface area contributed by atoms with Crippen LogP contribution in [0.2, 0.25) is 5.02 Å². The maximum atomic E-state index is 12.8. The number of carbonyl (C=O) groups is 2. The number of nitrogens with one attached hydrogen (secondary N) is 1. The molecule has 2 aromatic rings. The van der Waals surface area contributed by atoms with Crippen molar-refractivity contribution in [1.82, 2.24) is 0 Å². The molecule has 7 nitrogen and oxygen atoms in total. The smallest absolute Gasteiger partial charge is 0.230 e. The van der Waals surface area contributed by atoms with E-state index in [1.165, 1.54) is 13.2 Å². The van der Waals surface area contributed by atoms with Crippen molar-refractivity contribution in [2.24, 2.45) is 5.92 Å². The highest BCUT2D eigenvalue weighted by Gasteiger charge is 2.39. The van der Waals surface area contributed by atoms with E-state index in [0.29, 0.717) is 22.9 Å². The molecule has 1 N–H and O–H groups in total. The SMILES string of the molecule is COc1ccc(NC(=O)CCS(=O)(=O)c2ccc3c(c2)CC(C)N3C(=O)C2CC2)cc1Cl. The minimum absolute atomic E-state index is 0.0122. The molecule has 32 heavy (non-hydrogen) atoms. The Morgan fingerprint density at radius 3 is 2.59 bits per heavy atom. The summed E-state index contributed by atoms with van der Waals surface area (Å²) in [5.41, 5.74) is 2.11. The monoisotopic (exact) mass is 476 g/mol. The second-order valence-corrected chi connectivity index (χ2v) is 10.8. The Kier molecular flexibility index (Phi) is 6.18. The number of amides is 2. The molecular formula is C23H25ClN2O5S. The van der Waals surface area contributed by atoms with E-state index in [9.17, 15) is 18.0 Å². The summed E-state index contributed by atoms with van der Waals surface area (Å²) in [5, 5.41) is 3.00. The van der Waals surface area contributed by atoms with Crippen LogP contribution in [0.25, 0.3) is 0 Å². The van der Waals surface area contributed by atoms with Gasteiger partial charge in [-0.25, -0.2) is 8.42 Å². The van der Waals surface area contributed by atoms with Crippen LogP contribution in [0, 0.1) is 5.92 Å². The van der Waals surface area contributed by atoms with E-state index < -0.39 is 15.7 Å². The van der Waals surface area contributed by atoms with Gasteiger partial charge in [-0.2, -0.15) is 0 Å². The Labute approximate surface area is 192 Å². The van der Waals surface area contributed by atoms with Crippen LogP contribution in [0.3, 0.4) is 0 Å². The van der Waals surface area contributed by atoms with E-state index in [1.54, 1.807) is 35.2 Å². The van der Waals surface area contributed by atoms with Gasteiger partial charge in [0, 0.05) is 29.8 Å². The Balaban J connectivity index is 1.42. The topological polar surface area (TPSA) is 92.8 Å². The van der Waals surface area contributed by atoms with Gasteiger partial charge < -0.3 is 15.0 Å². The molecule has 1 aliphatic heterocycles. The molecule has 170 valence electrons. The highest BCUT2D eigenvalue weighted by molar-refractivity contribution is 7.91. The lowest BCUT2D eigenvalue weighted by Crippen LogP contribution is -2.36. The summed E-state index contributed by atoms with van der Waals surface area (Å²) in [6.07, 6.45) is 2.28. The number of hydrogen-bond acceptors (Lipinski definition) is 5. The van der Waals surface area contributed by atoms with Gasteiger partial charge in [0.15, 0.2) is 9.84 Å². The summed E-state index contributed by atoms with van der Waals surface area (Å²) < 4.78 is 30.8. The molecule has 4 rings (SSSR count). The fraction of sp³-hybridized carbons (Fsp3) is 0.391. The quantitative estimate of drug-likeness (QED) is 0.655. The van der Waals surface area contributed by atoms with E-state index in [1.807, 2.05) is 6.92 Å². The molecule has 2 aromatic carbocycles. The predicted octanol–water partition coefficient (Wildman–Crippen LogP) is 3.84. The molecule has 1 atom stereocenters. The van der Waals surface area contributed by atoms with Crippen LogP contribution in [0.5, 0.6) is 5.75 Å². The third-order valence-corrected chi connectivity index (χ3v) is 7.83. The van der Waals surface area contributed by atoms with Crippen molar-refractivity contribution in [3.05, 3.63) is 47.0 Å². The van der Waals surface area contributed by atoms with Crippen LogP contribution in [-0.2, 0) is 25.8 Å². The number of anilines is 2. The maximum absolute atomic E-state index is 12.8. The zero-order valence-corrected chi connectivity index (χ0v) is 19.5. The standard InChI is InChI=1S/C23H25ClN2O5S/c1-14-11-16-12-18(6-7-20(16)26(14)23(28)15-3-4-15)32(29,30)10-9-22(27)25-17-5-8-21(31-2)19(24)13-17/h5-8,12-15H,3-4,9-11H2,1-2H3,(H,25,27). The minimum Gasteiger partial charge on any atom is -0.495 e. The number of methoxy groups -OCH3 is 1. The molecule has 0 aromatic heterocycles. The molecule has 1 fully saturated rings. The number of sulfone groups is 1. The minimum atomic E-state index is -3.66. The van der Waals surface area contributed by atoms with Gasteiger partial charge in [0.25, 0.3) is 0 Å². The lowest BCUT2D eigenvalue weighted by atomic mass is 10.1. The number of halogens is 1. The number of rotatable bonds is 7. The summed E-state index contributed by atoms with van der Waals surface area (Å²) in [6, 6.07) is 9.70. The molecule has 1 unspecified atom stereocenters. The number of ether oxygens (including phenoxy) is 1. The van der Waals surface area contributed by atoms with Gasteiger partial charge in [-0.1, -0.05) is 11.6 Å². The second kappa shape index (κ2) is 8.75. The third kappa shape index (κ3) is 4.61. The van der Waals surface area contributed by atoms with Gasteiger partial charge in [0.05, 0.1) is 22.8 Å². The molecule has 1 heterocycles. The van der Waals surface area contributed by atoms with Crippen LogP contribution < -0.4 is 15.0 Å². The summed E-state index contributed by atoms with van der Waals surface area (Å²) in [5.74, 6) is -0.0312. The molecule has 0 bridgehead atoms. The van der Waals surface area contributed by atoms with E-state index in [0.717, 1.165) is 24.1 Å². The first-order valence-electron chi connectivity index (χ1n) is 10.5. The molecule has 1 aliphatic carbocycles. The fourth-order valence-corrected chi connectivity index (χ4v) is 5.52. The van der Waals surface area contributed by atoms with Crippen molar-refractivity contribution < 1.29 is 22.7 Å². The average molecular weight is 477 g/mol. The van der Waals surface area contributed by atoms with Crippen molar-refractivity contribution in [2.75, 3.05) is 23.1 Å². The Hall–Kier alpha value is -2.58. The summed E-state index contributed by atoms with van der Waals surface area (Å²) in [7, 11) is -2.17. The highest BCUT2D eigenvalue weighted by atomic mass is 35.5. The summed E-state index contributed by atoms with van der Waals surface area (Å²) >= 11 is 6.05. The molecular weight excluding hydrogens is 452 g/mol. The first-order valence-corrected chi connectivity index (χ1v) is 12.5. The molecule has 0 saturated heterocycles. The number of benzene rings is 2. The largest absolute Gasteiger partial charge is 0.495 e. The van der Waals surface area contributed by atoms with Crippen molar-refractivity contribution in [3.63, 3.8) is 0 Å². The van der Waals surface area contributed by atoms with Crippen LogP contribution >= 0.6 is 11.6 Å². The fourth-order valence-electron chi connectivity index (χ4n) is 3.98. The highest BCUT2D eigenvalue weighted by Crippen LogP contribution is 2.39. The number of hydrogen-bond donors (Lipinski definition) is 1. The maximum Gasteiger partial charge on any atom is 0.230 e. The van der Waals surface area contributed by atoms with Gasteiger partial charge in [-0.3, -0.25) is 9.59 Å². The van der Waals surface area contributed by atoms with Gasteiger partial charge in [0.1, 0.15) is 5.75 Å². The van der Waals surface area contributed by atoms with Crippen LogP contribution in [0.15, 0.2) is 41.3 Å². The predicted molar refractivity (Wildman–Crippen MR) is 123 cm³/mol. The van der Waals surface area contributed by atoms with E-state index in [2.05, 4.69) is 5.32 Å². The lowest BCUT2D eigenvalue weighted by Gasteiger charge is -2.22. The normalized spacial score (nSPS) is 17.7. The van der Waals surface area contributed by atoms with Gasteiger partial charge >= 0.3 is 0 Å². The van der Waals surface area contributed by atoms with E-state index >= 15 is 0 Å². The van der Waals surface area contributed by atoms with E-state index in [4.69, 9.17) is 16.3 Å². The van der Waals surface area contributed by atoms with Crippen LogP contribution in [-0.4, -0.2) is 39.1 Å². The molecule has 9 heteroatoms. The van der Waals surface area contributed by atoms with Crippen LogP contribution in [0.4, 0.5) is 11.4 Å². The number of carbonyl (C=O) groups excluding carboxylic acids is 2. The molecule has 1 saturated carbocycles.